The minimum absolute atomic E-state index is 0.0837. The number of methoxy groups -OCH3 is 1. The molecule has 2 aromatic rings. The lowest BCUT2D eigenvalue weighted by Crippen LogP contribution is -2.48. The van der Waals surface area contributed by atoms with Crippen molar-refractivity contribution >= 4 is 21.8 Å². The third-order valence-corrected chi connectivity index (χ3v) is 5.10. The Bertz CT molecular complexity index is 755. The van der Waals surface area contributed by atoms with Gasteiger partial charge in [-0.1, -0.05) is 34.1 Å². The number of carbonyl (C=O) groups excluding carboxylic acids is 1. The van der Waals surface area contributed by atoms with Gasteiger partial charge in [0.2, 0.25) is 0 Å². The molecule has 1 heterocycles. The number of ether oxygens (including phenoxy) is 1. The van der Waals surface area contributed by atoms with Crippen LogP contribution in [0, 0.1) is 6.92 Å². The van der Waals surface area contributed by atoms with Crippen LogP contribution in [0.4, 0.5) is 0 Å². The molecule has 2 aromatic carbocycles. The van der Waals surface area contributed by atoms with Gasteiger partial charge in [-0.25, -0.2) is 0 Å². The molecule has 3 rings (SSSR count). The standard InChI is InChI=1S/C20H23BrN2O2/c1-15-6-7-17(13-19(15)25-2)20(24)23-10-8-22(9-11-23)14-16-4-3-5-18(21)12-16/h3-7,12-13H,8-11,14H2,1-2H3. The molecule has 1 amide bonds. The van der Waals surface area contributed by atoms with Crippen LogP contribution in [0.25, 0.3) is 0 Å². The molecule has 0 unspecified atom stereocenters. The highest BCUT2D eigenvalue weighted by Gasteiger charge is 2.22. The van der Waals surface area contributed by atoms with Crippen LogP contribution in [0.5, 0.6) is 5.75 Å². The number of carbonyl (C=O) groups is 1. The van der Waals surface area contributed by atoms with Gasteiger partial charge in [0.25, 0.3) is 5.91 Å². The second-order valence-electron chi connectivity index (χ2n) is 6.38. The van der Waals surface area contributed by atoms with Gasteiger partial charge in [-0.3, -0.25) is 9.69 Å². The Morgan fingerprint density at radius 2 is 1.88 bits per heavy atom. The van der Waals surface area contributed by atoms with E-state index < -0.39 is 0 Å². The van der Waals surface area contributed by atoms with Gasteiger partial charge in [0, 0.05) is 42.8 Å². The number of halogens is 1. The Morgan fingerprint density at radius 3 is 2.56 bits per heavy atom. The summed E-state index contributed by atoms with van der Waals surface area (Å²) in [6, 6.07) is 14.0. The van der Waals surface area contributed by atoms with Crippen molar-refractivity contribution in [1.82, 2.24) is 9.80 Å². The maximum Gasteiger partial charge on any atom is 0.254 e. The number of hydrogen-bond donors (Lipinski definition) is 0. The number of hydrogen-bond acceptors (Lipinski definition) is 3. The van der Waals surface area contributed by atoms with Crippen LogP contribution in [0.2, 0.25) is 0 Å². The third-order valence-electron chi connectivity index (χ3n) is 4.61. The lowest BCUT2D eigenvalue weighted by molar-refractivity contribution is 0.0628. The summed E-state index contributed by atoms with van der Waals surface area (Å²) >= 11 is 3.52. The highest BCUT2D eigenvalue weighted by Crippen LogP contribution is 2.21. The largest absolute Gasteiger partial charge is 0.496 e. The number of piperazine rings is 1. The van der Waals surface area contributed by atoms with Crippen molar-refractivity contribution in [2.45, 2.75) is 13.5 Å². The molecule has 132 valence electrons. The van der Waals surface area contributed by atoms with Crippen LogP contribution >= 0.6 is 15.9 Å². The summed E-state index contributed by atoms with van der Waals surface area (Å²) in [7, 11) is 1.64. The second kappa shape index (κ2) is 8.02. The van der Waals surface area contributed by atoms with E-state index in [4.69, 9.17) is 4.74 Å². The molecular weight excluding hydrogens is 380 g/mol. The quantitative estimate of drug-likeness (QED) is 0.780. The SMILES string of the molecule is COc1cc(C(=O)N2CCN(Cc3cccc(Br)c3)CC2)ccc1C. The first-order valence-corrected chi connectivity index (χ1v) is 9.27. The van der Waals surface area contributed by atoms with Crippen LogP contribution in [-0.2, 0) is 6.54 Å². The molecule has 0 radical (unpaired) electrons. The van der Waals surface area contributed by atoms with Crippen molar-refractivity contribution in [2.24, 2.45) is 0 Å². The van der Waals surface area contributed by atoms with Crippen LogP contribution in [0.1, 0.15) is 21.5 Å². The summed E-state index contributed by atoms with van der Waals surface area (Å²) in [4.78, 5) is 17.1. The summed E-state index contributed by atoms with van der Waals surface area (Å²) in [6.45, 7) is 6.18. The van der Waals surface area contributed by atoms with Crippen molar-refractivity contribution in [3.05, 3.63) is 63.6 Å². The Kier molecular flexibility index (Phi) is 5.76. The molecule has 0 bridgehead atoms. The highest BCUT2D eigenvalue weighted by atomic mass is 79.9. The Hall–Kier alpha value is -1.85. The highest BCUT2D eigenvalue weighted by molar-refractivity contribution is 9.10. The van der Waals surface area contributed by atoms with E-state index in [1.165, 1.54) is 5.56 Å². The van der Waals surface area contributed by atoms with Crippen LogP contribution in [0.3, 0.4) is 0 Å². The van der Waals surface area contributed by atoms with E-state index in [1.54, 1.807) is 7.11 Å². The normalized spacial score (nSPS) is 15.2. The number of rotatable bonds is 4. The summed E-state index contributed by atoms with van der Waals surface area (Å²) < 4.78 is 6.44. The lowest BCUT2D eigenvalue weighted by atomic mass is 10.1. The molecule has 1 aliphatic heterocycles. The Labute approximate surface area is 157 Å². The predicted molar refractivity (Wildman–Crippen MR) is 103 cm³/mol. The van der Waals surface area contributed by atoms with Gasteiger partial charge in [0.1, 0.15) is 5.75 Å². The number of aryl methyl sites for hydroxylation is 1. The monoisotopic (exact) mass is 402 g/mol. The molecule has 0 N–H and O–H groups in total. The van der Waals surface area contributed by atoms with Crippen molar-refractivity contribution < 1.29 is 9.53 Å². The average molecular weight is 403 g/mol. The number of amides is 1. The second-order valence-corrected chi connectivity index (χ2v) is 7.30. The first kappa shape index (κ1) is 18.0. The molecule has 1 saturated heterocycles. The fraction of sp³-hybridized carbons (Fsp3) is 0.350. The van der Waals surface area contributed by atoms with Crippen LogP contribution in [-0.4, -0.2) is 49.0 Å². The topological polar surface area (TPSA) is 32.8 Å². The van der Waals surface area contributed by atoms with Crippen molar-refractivity contribution in [3.63, 3.8) is 0 Å². The Morgan fingerprint density at radius 1 is 1.12 bits per heavy atom. The molecule has 1 aliphatic rings. The van der Waals surface area contributed by atoms with E-state index in [9.17, 15) is 4.79 Å². The van der Waals surface area contributed by atoms with Crippen molar-refractivity contribution in [2.75, 3.05) is 33.3 Å². The molecule has 0 spiro atoms. The lowest BCUT2D eigenvalue weighted by Gasteiger charge is -2.35. The van der Waals surface area contributed by atoms with E-state index in [0.29, 0.717) is 5.56 Å². The van der Waals surface area contributed by atoms with Gasteiger partial charge in [-0.05, 0) is 42.3 Å². The molecule has 25 heavy (non-hydrogen) atoms. The average Bonchev–Trinajstić information content (AvgIpc) is 2.62. The molecule has 4 nitrogen and oxygen atoms in total. The van der Waals surface area contributed by atoms with Gasteiger partial charge in [-0.15, -0.1) is 0 Å². The smallest absolute Gasteiger partial charge is 0.254 e. The number of benzene rings is 2. The fourth-order valence-electron chi connectivity index (χ4n) is 3.14. The molecule has 5 heteroatoms. The van der Waals surface area contributed by atoms with E-state index in [0.717, 1.165) is 48.5 Å². The van der Waals surface area contributed by atoms with Crippen molar-refractivity contribution in [3.8, 4) is 5.75 Å². The summed E-state index contributed by atoms with van der Waals surface area (Å²) in [5.74, 6) is 0.847. The zero-order valence-corrected chi connectivity index (χ0v) is 16.3. The van der Waals surface area contributed by atoms with Gasteiger partial charge >= 0.3 is 0 Å². The van der Waals surface area contributed by atoms with Crippen molar-refractivity contribution in [1.29, 1.82) is 0 Å². The summed E-state index contributed by atoms with van der Waals surface area (Å²) in [5, 5.41) is 0. The van der Waals surface area contributed by atoms with Gasteiger partial charge in [0.05, 0.1) is 7.11 Å². The Balaban J connectivity index is 1.59. The molecule has 0 aromatic heterocycles. The van der Waals surface area contributed by atoms with E-state index in [2.05, 4.69) is 39.0 Å². The van der Waals surface area contributed by atoms with Crippen LogP contribution in [0.15, 0.2) is 46.9 Å². The zero-order chi connectivity index (χ0) is 17.8. The molecular formula is C20H23BrN2O2. The zero-order valence-electron chi connectivity index (χ0n) is 14.7. The van der Waals surface area contributed by atoms with Gasteiger partial charge in [0.15, 0.2) is 0 Å². The molecule has 1 fully saturated rings. The van der Waals surface area contributed by atoms with Gasteiger partial charge in [-0.2, -0.15) is 0 Å². The maximum absolute atomic E-state index is 12.7. The molecule has 0 aliphatic carbocycles. The fourth-order valence-corrected chi connectivity index (χ4v) is 3.58. The first-order chi connectivity index (χ1) is 12.1. The molecule has 0 saturated carbocycles. The van der Waals surface area contributed by atoms with E-state index >= 15 is 0 Å². The predicted octanol–water partition coefficient (Wildman–Crippen LogP) is 3.72. The summed E-state index contributed by atoms with van der Waals surface area (Å²) in [5.41, 5.74) is 3.03. The first-order valence-electron chi connectivity index (χ1n) is 8.47. The van der Waals surface area contributed by atoms with Gasteiger partial charge < -0.3 is 9.64 Å². The van der Waals surface area contributed by atoms with E-state index in [-0.39, 0.29) is 5.91 Å². The maximum atomic E-state index is 12.7. The minimum Gasteiger partial charge on any atom is -0.496 e. The molecule has 0 atom stereocenters. The third kappa shape index (κ3) is 4.41. The van der Waals surface area contributed by atoms with Crippen LogP contribution < -0.4 is 4.74 Å². The number of nitrogens with zero attached hydrogens (tertiary/aromatic N) is 2. The minimum atomic E-state index is 0.0837. The van der Waals surface area contributed by atoms with E-state index in [1.807, 2.05) is 36.1 Å². The summed E-state index contributed by atoms with van der Waals surface area (Å²) in [6.07, 6.45) is 0.